The largest absolute Gasteiger partial charge is 0.493 e. The number of nitrogens with zero attached hydrogens (tertiary/aromatic N) is 2. The van der Waals surface area contributed by atoms with Crippen molar-refractivity contribution in [2.45, 2.75) is 0 Å². The Morgan fingerprint density at radius 3 is 2.21 bits per heavy atom. The lowest BCUT2D eigenvalue weighted by Crippen LogP contribution is -2.03. The van der Waals surface area contributed by atoms with Gasteiger partial charge in [-0.1, -0.05) is 6.07 Å². The van der Waals surface area contributed by atoms with E-state index in [0.29, 0.717) is 17.1 Å². The molecule has 98 valence electrons. The molecule has 0 saturated heterocycles. The molecule has 0 bridgehead atoms. The molecule has 1 heterocycles. The van der Waals surface area contributed by atoms with E-state index in [1.807, 2.05) is 6.07 Å². The van der Waals surface area contributed by atoms with Gasteiger partial charge in [-0.3, -0.25) is 0 Å². The summed E-state index contributed by atoms with van der Waals surface area (Å²) in [6, 6.07) is 5.36. The predicted molar refractivity (Wildman–Crippen MR) is 67.5 cm³/mol. The summed E-state index contributed by atoms with van der Waals surface area (Å²) in [6.07, 6.45) is 2.91. The SMILES string of the molecule is COc1ccc(-c2cnc(C(=O)O)nc2)cc1OC. The van der Waals surface area contributed by atoms with E-state index in [-0.39, 0.29) is 5.82 Å². The van der Waals surface area contributed by atoms with Gasteiger partial charge in [0.1, 0.15) is 0 Å². The number of benzene rings is 1. The molecule has 2 rings (SSSR count). The van der Waals surface area contributed by atoms with Gasteiger partial charge in [-0.05, 0) is 17.7 Å². The average molecular weight is 260 g/mol. The first-order valence-corrected chi connectivity index (χ1v) is 5.43. The maximum Gasteiger partial charge on any atom is 0.373 e. The summed E-state index contributed by atoms with van der Waals surface area (Å²) in [7, 11) is 3.11. The summed E-state index contributed by atoms with van der Waals surface area (Å²) in [5.41, 5.74) is 1.51. The summed E-state index contributed by atoms with van der Waals surface area (Å²) >= 11 is 0. The molecule has 1 N–H and O–H groups in total. The number of carboxylic acid groups (broad SMARTS) is 1. The average Bonchev–Trinajstić information content (AvgIpc) is 2.46. The Morgan fingerprint density at radius 2 is 1.68 bits per heavy atom. The quantitative estimate of drug-likeness (QED) is 0.903. The van der Waals surface area contributed by atoms with Crippen molar-refractivity contribution in [3.05, 3.63) is 36.4 Å². The minimum Gasteiger partial charge on any atom is -0.493 e. The number of ether oxygens (including phenoxy) is 2. The molecule has 0 unspecified atom stereocenters. The molecule has 1 aromatic heterocycles. The normalized spacial score (nSPS) is 10.0. The van der Waals surface area contributed by atoms with Gasteiger partial charge in [0.2, 0.25) is 5.82 Å². The lowest BCUT2D eigenvalue weighted by Gasteiger charge is -2.09. The summed E-state index contributed by atoms with van der Waals surface area (Å²) < 4.78 is 10.3. The summed E-state index contributed by atoms with van der Waals surface area (Å²) in [5, 5.41) is 8.74. The predicted octanol–water partition coefficient (Wildman–Crippen LogP) is 1.86. The second-order valence-corrected chi connectivity index (χ2v) is 3.67. The first-order valence-electron chi connectivity index (χ1n) is 5.43. The van der Waals surface area contributed by atoms with Crippen molar-refractivity contribution in [3.8, 4) is 22.6 Å². The number of aromatic carboxylic acids is 1. The molecular weight excluding hydrogens is 248 g/mol. The number of carboxylic acids is 1. The third kappa shape index (κ3) is 2.62. The van der Waals surface area contributed by atoms with Crippen LogP contribution in [0.5, 0.6) is 11.5 Å². The fraction of sp³-hybridized carbons (Fsp3) is 0.154. The molecule has 6 nitrogen and oxygen atoms in total. The van der Waals surface area contributed by atoms with Gasteiger partial charge in [-0.2, -0.15) is 0 Å². The second-order valence-electron chi connectivity index (χ2n) is 3.67. The van der Waals surface area contributed by atoms with Crippen molar-refractivity contribution < 1.29 is 19.4 Å². The van der Waals surface area contributed by atoms with Crippen LogP contribution in [0.3, 0.4) is 0 Å². The summed E-state index contributed by atoms with van der Waals surface area (Å²) in [4.78, 5) is 18.2. The van der Waals surface area contributed by atoms with Gasteiger partial charge in [-0.25, -0.2) is 14.8 Å². The van der Waals surface area contributed by atoms with Crippen LogP contribution in [0.4, 0.5) is 0 Å². The standard InChI is InChI=1S/C13H12N2O4/c1-18-10-4-3-8(5-11(10)19-2)9-6-14-12(13(16)17)15-7-9/h3-7H,1-2H3,(H,16,17). The zero-order chi connectivity index (χ0) is 13.8. The van der Waals surface area contributed by atoms with Crippen LogP contribution in [-0.2, 0) is 0 Å². The highest BCUT2D eigenvalue weighted by Gasteiger charge is 2.09. The molecule has 2 aromatic rings. The first kappa shape index (κ1) is 12.8. The van der Waals surface area contributed by atoms with Crippen LogP contribution < -0.4 is 9.47 Å². The third-order valence-electron chi connectivity index (χ3n) is 2.56. The molecule has 0 spiro atoms. The fourth-order valence-electron chi connectivity index (χ4n) is 1.60. The Bertz CT molecular complexity index is 596. The first-order chi connectivity index (χ1) is 9.15. The monoisotopic (exact) mass is 260 g/mol. The molecule has 0 aliphatic heterocycles. The maximum absolute atomic E-state index is 10.7. The van der Waals surface area contributed by atoms with Crippen molar-refractivity contribution >= 4 is 5.97 Å². The van der Waals surface area contributed by atoms with Crippen molar-refractivity contribution in [3.63, 3.8) is 0 Å². The van der Waals surface area contributed by atoms with Crippen LogP contribution in [0.25, 0.3) is 11.1 Å². The molecule has 6 heteroatoms. The van der Waals surface area contributed by atoms with Crippen LogP contribution in [0.2, 0.25) is 0 Å². The number of carbonyl (C=O) groups is 1. The van der Waals surface area contributed by atoms with Gasteiger partial charge >= 0.3 is 5.97 Å². The Morgan fingerprint density at radius 1 is 1.05 bits per heavy atom. The minimum absolute atomic E-state index is 0.232. The Hall–Kier alpha value is -2.63. The van der Waals surface area contributed by atoms with Crippen LogP contribution in [-0.4, -0.2) is 35.3 Å². The van der Waals surface area contributed by atoms with Gasteiger partial charge in [-0.15, -0.1) is 0 Å². The van der Waals surface area contributed by atoms with Gasteiger partial charge in [0.15, 0.2) is 11.5 Å². The van der Waals surface area contributed by atoms with Crippen molar-refractivity contribution in [1.29, 1.82) is 0 Å². The Balaban J connectivity index is 2.38. The molecule has 0 amide bonds. The molecule has 0 fully saturated rings. The zero-order valence-electron chi connectivity index (χ0n) is 10.5. The number of rotatable bonds is 4. The Kier molecular flexibility index (Phi) is 3.61. The fourth-order valence-corrected chi connectivity index (χ4v) is 1.60. The molecule has 0 aliphatic carbocycles. The third-order valence-corrected chi connectivity index (χ3v) is 2.56. The second kappa shape index (κ2) is 5.34. The van der Waals surface area contributed by atoms with E-state index in [1.54, 1.807) is 26.4 Å². The molecule has 0 radical (unpaired) electrons. The zero-order valence-corrected chi connectivity index (χ0v) is 10.5. The van der Waals surface area contributed by atoms with Gasteiger partial charge in [0.25, 0.3) is 0 Å². The van der Waals surface area contributed by atoms with Crippen LogP contribution in [0.15, 0.2) is 30.6 Å². The maximum atomic E-state index is 10.7. The number of aromatic nitrogens is 2. The van der Waals surface area contributed by atoms with E-state index in [2.05, 4.69) is 9.97 Å². The molecule has 1 aromatic carbocycles. The highest BCUT2D eigenvalue weighted by atomic mass is 16.5. The van der Waals surface area contributed by atoms with E-state index in [9.17, 15) is 4.79 Å². The van der Waals surface area contributed by atoms with Gasteiger partial charge in [0, 0.05) is 18.0 Å². The molecule has 0 aliphatic rings. The lowest BCUT2D eigenvalue weighted by atomic mass is 10.1. The highest BCUT2D eigenvalue weighted by molar-refractivity contribution is 5.83. The Labute approximate surface area is 109 Å². The van der Waals surface area contributed by atoms with E-state index >= 15 is 0 Å². The number of hydrogen-bond acceptors (Lipinski definition) is 5. The molecule has 19 heavy (non-hydrogen) atoms. The smallest absolute Gasteiger partial charge is 0.373 e. The number of hydrogen-bond donors (Lipinski definition) is 1. The lowest BCUT2D eigenvalue weighted by molar-refractivity contribution is 0.0683. The van der Waals surface area contributed by atoms with Crippen LogP contribution >= 0.6 is 0 Å². The van der Waals surface area contributed by atoms with Crippen LogP contribution in [0.1, 0.15) is 10.6 Å². The molecule has 0 atom stereocenters. The topological polar surface area (TPSA) is 81.5 Å². The van der Waals surface area contributed by atoms with Gasteiger partial charge < -0.3 is 14.6 Å². The highest BCUT2D eigenvalue weighted by Crippen LogP contribution is 2.31. The minimum atomic E-state index is -1.15. The van der Waals surface area contributed by atoms with Gasteiger partial charge in [0.05, 0.1) is 14.2 Å². The van der Waals surface area contributed by atoms with Crippen molar-refractivity contribution in [2.24, 2.45) is 0 Å². The van der Waals surface area contributed by atoms with Crippen molar-refractivity contribution in [2.75, 3.05) is 14.2 Å². The molecule has 0 saturated carbocycles. The van der Waals surface area contributed by atoms with E-state index in [1.165, 1.54) is 12.4 Å². The summed E-state index contributed by atoms with van der Waals surface area (Å²) in [6.45, 7) is 0. The van der Waals surface area contributed by atoms with E-state index in [4.69, 9.17) is 14.6 Å². The van der Waals surface area contributed by atoms with E-state index in [0.717, 1.165) is 5.56 Å². The summed E-state index contributed by atoms with van der Waals surface area (Å²) in [5.74, 6) is -0.181. The van der Waals surface area contributed by atoms with Crippen molar-refractivity contribution in [1.82, 2.24) is 9.97 Å². The number of methoxy groups -OCH3 is 2. The van der Waals surface area contributed by atoms with E-state index < -0.39 is 5.97 Å². The molecular formula is C13H12N2O4. The van der Waals surface area contributed by atoms with Crippen LogP contribution in [0, 0.1) is 0 Å².